The van der Waals surface area contributed by atoms with Crippen molar-refractivity contribution in [1.29, 1.82) is 0 Å². The van der Waals surface area contributed by atoms with E-state index in [0.29, 0.717) is 22.7 Å². The number of benzene rings is 1. The molecule has 128 valence electrons. The van der Waals surface area contributed by atoms with Gasteiger partial charge >= 0.3 is 6.03 Å². The van der Waals surface area contributed by atoms with Crippen LogP contribution in [0.4, 0.5) is 15.5 Å². The molecule has 0 aliphatic heterocycles. The number of thiophene rings is 1. The van der Waals surface area contributed by atoms with Crippen molar-refractivity contribution in [2.45, 2.75) is 17.1 Å². The Hall–Kier alpha value is -2.56. The molecule has 2 aromatic rings. The lowest BCUT2D eigenvalue weighted by atomic mass is 10.0. The van der Waals surface area contributed by atoms with E-state index in [0.717, 1.165) is 28.9 Å². The van der Waals surface area contributed by atoms with Gasteiger partial charge in [0.2, 0.25) is 0 Å². The predicted octanol–water partition coefficient (Wildman–Crippen LogP) is 3.74. The molecule has 25 heavy (non-hydrogen) atoms. The van der Waals surface area contributed by atoms with Crippen LogP contribution in [0.1, 0.15) is 23.1 Å². The van der Waals surface area contributed by atoms with Crippen molar-refractivity contribution in [3.05, 3.63) is 47.0 Å². The summed E-state index contributed by atoms with van der Waals surface area (Å²) in [5.74, 6) is 2.51. The van der Waals surface area contributed by atoms with E-state index in [1.165, 1.54) is 6.26 Å². The van der Waals surface area contributed by atoms with Crippen LogP contribution in [0.3, 0.4) is 0 Å². The van der Waals surface area contributed by atoms with Crippen LogP contribution in [0.15, 0.2) is 34.6 Å². The molecule has 0 fully saturated rings. The van der Waals surface area contributed by atoms with Crippen molar-refractivity contribution >= 4 is 44.0 Å². The summed E-state index contributed by atoms with van der Waals surface area (Å²) in [7, 11) is -3.35. The molecular formula is C18H16N2O3S2. The van der Waals surface area contributed by atoms with Crippen molar-refractivity contribution in [2.75, 3.05) is 16.9 Å². The molecule has 5 nitrogen and oxygen atoms in total. The van der Waals surface area contributed by atoms with E-state index in [2.05, 4.69) is 16.6 Å². The van der Waals surface area contributed by atoms with Gasteiger partial charge in [0.05, 0.1) is 0 Å². The molecule has 2 amide bonds. The van der Waals surface area contributed by atoms with Gasteiger partial charge in [0.1, 0.15) is 9.21 Å². The molecule has 3 rings (SSSR count). The molecule has 0 radical (unpaired) electrons. The molecule has 0 spiro atoms. The number of hydrogen-bond acceptors (Lipinski definition) is 4. The minimum absolute atomic E-state index is 0.284. The second-order valence-electron chi connectivity index (χ2n) is 5.62. The predicted molar refractivity (Wildman–Crippen MR) is 102 cm³/mol. The fourth-order valence-electron chi connectivity index (χ4n) is 2.59. The van der Waals surface area contributed by atoms with Crippen molar-refractivity contribution in [3.8, 4) is 12.3 Å². The van der Waals surface area contributed by atoms with E-state index in [1.807, 2.05) is 12.2 Å². The zero-order valence-corrected chi connectivity index (χ0v) is 15.1. The largest absolute Gasteiger partial charge is 0.324 e. The first-order chi connectivity index (χ1) is 11.9. The molecule has 0 saturated carbocycles. The number of allylic oxidation sites excluding steroid dienone is 1. The second kappa shape index (κ2) is 6.75. The van der Waals surface area contributed by atoms with Crippen LogP contribution in [0, 0.1) is 12.3 Å². The number of anilines is 2. The van der Waals surface area contributed by atoms with Crippen LogP contribution < -0.4 is 10.6 Å². The fourth-order valence-corrected chi connectivity index (χ4v) is 5.00. The molecule has 2 N–H and O–H groups in total. The monoisotopic (exact) mass is 372 g/mol. The Morgan fingerprint density at radius 1 is 1.24 bits per heavy atom. The molecule has 1 aliphatic carbocycles. The van der Waals surface area contributed by atoms with Gasteiger partial charge in [0.15, 0.2) is 9.84 Å². The highest BCUT2D eigenvalue weighted by molar-refractivity contribution is 7.93. The van der Waals surface area contributed by atoms with Crippen LogP contribution >= 0.6 is 11.3 Å². The number of rotatable bonds is 3. The number of terminal acetylenes is 1. The van der Waals surface area contributed by atoms with Crippen molar-refractivity contribution in [3.63, 3.8) is 0 Å². The first-order valence-corrected chi connectivity index (χ1v) is 10.3. The number of hydrogen-bond donors (Lipinski definition) is 2. The van der Waals surface area contributed by atoms with Gasteiger partial charge in [-0.1, -0.05) is 18.1 Å². The van der Waals surface area contributed by atoms with Gasteiger partial charge in [-0.3, -0.25) is 5.32 Å². The Morgan fingerprint density at radius 2 is 1.96 bits per heavy atom. The maximum absolute atomic E-state index is 12.3. The standard InChI is InChI=1S/C18H16N2O3S2/c1-3-12-8-10-13(11-9-12)19-18(21)20-16-14-6-4-5-7-15(14)17(24-16)25(2,22)23/h1,5,7-11H,4,6H2,2H3,(H2,19,20,21). The van der Waals surface area contributed by atoms with Gasteiger partial charge in [-0.05, 0) is 42.7 Å². The minimum atomic E-state index is -3.35. The smallest absolute Gasteiger partial charge is 0.308 e. The van der Waals surface area contributed by atoms with Crippen LogP contribution in [-0.2, 0) is 16.3 Å². The van der Waals surface area contributed by atoms with Crippen LogP contribution in [-0.4, -0.2) is 20.7 Å². The molecule has 7 heteroatoms. The summed E-state index contributed by atoms with van der Waals surface area (Å²) in [6, 6.07) is 6.46. The molecule has 0 atom stereocenters. The molecule has 1 aromatic heterocycles. The number of fused-ring (bicyclic) bond motifs is 1. The third-order valence-electron chi connectivity index (χ3n) is 3.73. The maximum Gasteiger partial charge on any atom is 0.324 e. The number of amides is 2. The molecular weight excluding hydrogens is 356 g/mol. The Morgan fingerprint density at radius 3 is 2.60 bits per heavy atom. The Balaban J connectivity index is 1.83. The average Bonchev–Trinajstić information content (AvgIpc) is 2.94. The summed E-state index contributed by atoms with van der Waals surface area (Å²) in [6.45, 7) is 0. The highest BCUT2D eigenvalue weighted by Gasteiger charge is 2.24. The van der Waals surface area contributed by atoms with E-state index in [1.54, 1.807) is 24.3 Å². The molecule has 1 aliphatic rings. The Bertz CT molecular complexity index is 994. The Kier molecular flexibility index (Phi) is 4.66. The normalized spacial score (nSPS) is 13.0. The quantitative estimate of drug-likeness (QED) is 0.806. The van der Waals surface area contributed by atoms with Crippen molar-refractivity contribution in [2.24, 2.45) is 0 Å². The summed E-state index contributed by atoms with van der Waals surface area (Å²) in [4.78, 5) is 12.3. The summed E-state index contributed by atoms with van der Waals surface area (Å²) >= 11 is 1.09. The number of carbonyl (C=O) groups is 1. The minimum Gasteiger partial charge on any atom is -0.308 e. The zero-order valence-electron chi connectivity index (χ0n) is 13.5. The second-order valence-corrected chi connectivity index (χ2v) is 8.86. The highest BCUT2D eigenvalue weighted by Crippen LogP contribution is 2.40. The van der Waals surface area contributed by atoms with Crippen LogP contribution in [0.25, 0.3) is 6.08 Å². The maximum atomic E-state index is 12.3. The third kappa shape index (κ3) is 3.76. The first-order valence-electron chi connectivity index (χ1n) is 7.55. The molecule has 1 aromatic carbocycles. The van der Waals surface area contributed by atoms with E-state index in [-0.39, 0.29) is 4.21 Å². The van der Waals surface area contributed by atoms with Gasteiger partial charge in [-0.25, -0.2) is 13.2 Å². The van der Waals surface area contributed by atoms with Crippen LogP contribution in [0.2, 0.25) is 0 Å². The number of carbonyl (C=O) groups excluding carboxylic acids is 1. The molecule has 0 saturated heterocycles. The third-order valence-corrected chi connectivity index (χ3v) is 6.74. The van der Waals surface area contributed by atoms with Gasteiger partial charge in [0.25, 0.3) is 0 Å². The summed E-state index contributed by atoms with van der Waals surface area (Å²) in [6.07, 6.45) is 11.8. The molecule has 1 heterocycles. The summed E-state index contributed by atoms with van der Waals surface area (Å²) < 4.78 is 24.3. The SMILES string of the molecule is C#Cc1ccc(NC(=O)Nc2sc(S(C)(=O)=O)c3c2CCC=C3)cc1. The average molecular weight is 372 g/mol. The highest BCUT2D eigenvalue weighted by atomic mass is 32.2. The topological polar surface area (TPSA) is 75.3 Å². The lowest BCUT2D eigenvalue weighted by molar-refractivity contribution is 0.262. The van der Waals surface area contributed by atoms with Crippen molar-refractivity contribution in [1.82, 2.24) is 0 Å². The number of nitrogens with one attached hydrogen (secondary N) is 2. The zero-order chi connectivity index (χ0) is 18.0. The lowest BCUT2D eigenvalue weighted by Gasteiger charge is -2.10. The van der Waals surface area contributed by atoms with E-state index in [4.69, 9.17) is 6.42 Å². The lowest BCUT2D eigenvalue weighted by Crippen LogP contribution is -2.19. The van der Waals surface area contributed by atoms with Gasteiger partial charge in [-0.15, -0.1) is 17.8 Å². The molecule has 0 unspecified atom stereocenters. The van der Waals surface area contributed by atoms with Gasteiger partial charge in [-0.2, -0.15) is 0 Å². The van der Waals surface area contributed by atoms with E-state index >= 15 is 0 Å². The first kappa shape index (κ1) is 17.3. The van der Waals surface area contributed by atoms with Crippen LogP contribution in [0.5, 0.6) is 0 Å². The molecule has 0 bridgehead atoms. The summed E-state index contributed by atoms with van der Waals surface area (Å²) in [5, 5.41) is 6.05. The van der Waals surface area contributed by atoms with E-state index in [9.17, 15) is 13.2 Å². The van der Waals surface area contributed by atoms with E-state index < -0.39 is 15.9 Å². The fraction of sp³-hybridized carbons (Fsp3) is 0.167. The summed E-state index contributed by atoms with van der Waals surface area (Å²) in [5.41, 5.74) is 2.88. The van der Waals surface area contributed by atoms with Gasteiger partial charge < -0.3 is 5.32 Å². The van der Waals surface area contributed by atoms with Gasteiger partial charge in [0, 0.05) is 23.1 Å². The Labute approximate surface area is 150 Å². The number of sulfone groups is 1. The number of urea groups is 1. The van der Waals surface area contributed by atoms with Crippen molar-refractivity contribution < 1.29 is 13.2 Å².